The normalized spacial score (nSPS) is 10.6. The molecule has 0 atom stereocenters. The highest BCUT2D eigenvalue weighted by Crippen LogP contribution is 2.29. The summed E-state index contributed by atoms with van der Waals surface area (Å²) in [6.45, 7) is -0.274. The smallest absolute Gasteiger partial charge is 0.265 e. The fourth-order valence-corrected chi connectivity index (χ4v) is 2.25. The average molecular weight is 383 g/mol. The molecule has 0 bridgehead atoms. The Labute approximate surface area is 155 Å². The van der Waals surface area contributed by atoms with E-state index in [1.807, 2.05) is 0 Å². The molecule has 6 nitrogen and oxygen atoms in total. The summed E-state index contributed by atoms with van der Waals surface area (Å²) in [6, 6.07) is 10.2. The number of carbonyl (C=O) groups excluding carboxylic acids is 1. The Morgan fingerprint density at radius 2 is 2.00 bits per heavy atom. The maximum Gasteiger partial charge on any atom is 0.265 e. The second kappa shape index (κ2) is 9.15. The van der Waals surface area contributed by atoms with Crippen molar-refractivity contribution in [2.45, 2.75) is 0 Å². The summed E-state index contributed by atoms with van der Waals surface area (Å²) in [4.78, 5) is 16.9. The zero-order valence-corrected chi connectivity index (χ0v) is 15.1. The number of hydrogen-bond donors (Lipinski definition) is 1. The van der Waals surface area contributed by atoms with E-state index in [9.17, 15) is 4.79 Å². The second-order valence-electron chi connectivity index (χ2n) is 4.77. The number of halogens is 2. The van der Waals surface area contributed by atoms with Crippen LogP contribution < -0.4 is 14.8 Å². The van der Waals surface area contributed by atoms with Gasteiger partial charge in [0.1, 0.15) is 11.5 Å². The van der Waals surface area contributed by atoms with Crippen LogP contribution in [0.5, 0.6) is 11.5 Å². The first-order valence-corrected chi connectivity index (χ1v) is 7.92. The van der Waals surface area contributed by atoms with Crippen LogP contribution in [-0.4, -0.2) is 32.9 Å². The Balaban J connectivity index is 1.91. The van der Waals surface area contributed by atoms with Gasteiger partial charge in [-0.1, -0.05) is 40.5 Å². The number of carbonyl (C=O) groups is 1. The molecule has 0 radical (unpaired) electrons. The van der Waals surface area contributed by atoms with Crippen molar-refractivity contribution < 1.29 is 19.1 Å². The van der Waals surface area contributed by atoms with Crippen molar-refractivity contribution in [1.29, 1.82) is 0 Å². The van der Waals surface area contributed by atoms with Gasteiger partial charge in [-0.15, -0.1) is 0 Å². The molecule has 0 saturated carbocycles. The number of nitrogens with one attached hydrogen (secondary N) is 1. The number of oxime groups is 1. The first kappa shape index (κ1) is 18.9. The molecule has 0 aliphatic rings. The summed E-state index contributed by atoms with van der Waals surface area (Å²) in [5, 5.41) is 7.16. The van der Waals surface area contributed by atoms with E-state index < -0.39 is 5.91 Å². The summed E-state index contributed by atoms with van der Waals surface area (Å²) < 4.78 is 10.3. The van der Waals surface area contributed by atoms with E-state index in [1.54, 1.807) is 43.5 Å². The molecule has 0 spiro atoms. The predicted molar refractivity (Wildman–Crippen MR) is 98.2 cm³/mol. The van der Waals surface area contributed by atoms with Gasteiger partial charge in [-0.3, -0.25) is 4.79 Å². The third-order valence-corrected chi connectivity index (χ3v) is 3.96. The van der Waals surface area contributed by atoms with Crippen LogP contribution in [0.25, 0.3) is 0 Å². The third-order valence-electron chi connectivity index (χ3n) is 3.13. The Kier molecular flexibility index (Phi) is 6.91. The number of nitrogens with zero attached hydrogens (tertiary/aromatic N) is 1. The van der Waals surface area contributed by atoms with Gasteiger partial charge in [-0.2, -0.15) is 0 Å². The van der Waals surface area contributed by atoms with Gasteiger partial charge < -0.3 is 19.6 Å². The van der Waals surface area contributed by atoms with Gasteiger partial charge in [0.15, 0.2) is 6.61 Å². The van der Waals surface area contributed by atoms with E-state index >= 15 is 0 Å². The lowest BCUT2D eigenvalue weighted by molar-refractivity contribution is -0.120. The summed E-state index contributed by atoms with van der Waals surface area (Å²) in [5.74, 6) is 0.703. The standard InChI is InChI=1S/C17H16Cl2N2O4/c1-23-12-6-7-14(15(8-12)24-2)21-16(22)10-25-20-9-11-4-3-5-13(18)17(11)19/h3-9H,10H2,1-2H3,(H,21,22)/b20-9-. The number of amides is 1. The van der Waals surface area contributed by atoms with Crippen LogP contribution in [0.1, 0.15) is 5.56 Å². The minimum atomic E-state index is -0.391. The van der Waals surface area contributed by atoms with E-state index in [0.717, 1.165) is 0 Å². The summed E-state index contributed by atoms with van der Waals surface area (Å²) in [7, 11) is 3.05. The molecule has 0 aliphatic heterocycles. The molecule has 2 rings (SSSR count). The molecule has 1 amide bonds. The van der Waals surface area contributed by atoms with Gasteiger partial charge in [-0.25, -0.2) is 0 Å². The Hall–Kier alpha value is -2.44. The van der Waals surface area contributed by atoms with Crippen LogP contribution in [0, 0.1) is 0 Å². The predicted octanol–water partition coefficient (Wildman–Crippen LogP) is 4.00. The average Bonchev–Trinajstić information content (AvgIpc) is 2.62. The lowest BCUT2D eigenvalue weighted by Crippen LogP contribution is -2.17. The monoisotopic (exact) mass is 382 g/mol. The third kappa shape index (κ3) is 5.27. The van der Waals surface area contributed by atoms with Gasteiger partial charge in [0, 0.05) is 11.6 Å². The van der Waals surface area contributed by atoms with Gasteiger partial charge in [0.2, 0.25) is 0 Å². The van der Waals surface area contributed by atoms with Gasteiger partial charge >= 0.3 is 0 Å². The molecular formula is C17H16Cl2N2O4. The molecule has 0 aliphatic carbocycles. The molecule has 0 heterocycles. The lowest BCUT2D eigenvalue weighted by Gasteiger charge is -2.11. The molecule has 132 valence electrons. The Morgan fingerprint density at radius 3 is 2.72 bits per heavy atom. The SMILES string of the molecule is COc1ccc(NC(=O)CO/N=C\c2cccc(Cl)c2Cl)c(OC)c1. The molecule has 8 heteroatoms. The number of benzene rings is 2. The van der Waals surface area contributed by atoms with Crippen LogP contribution >= 0.6 is 23.2 Å². The second-order valence-corrected chi connectivity index (χ2v) is 5.55. The molecule has 0 unspecified atom stereocenters. The van der Waals surface area contributed by atoms with Crippen LogP contribution in [0.2, 0.25) is 10.0 Å². The molecule has 0 aromatic heterocycles. The molecule has 2 aromatic rings. The minimum Gasteiger partial charge on any atom is -0.497 e. The maximum atomic E-state index is 11.9. The Bertz CT molecular complexity index is 781. The number of methoxy groups -OCH3 is 2. The quantitative estimate of drug-likeness (QED) is 0.580. The summed E-state index contributed by atoms with van der Waals surface area (Å²) in [6.07, 6.45) is 1.38. The number of hydrogen-bond acceptors (Lipinski definition) is 5. The fourth-order valence-electron chi connectivity index (χ4n) is 1.90. The largest absolute Gasteiger partial charge is 0.497 e. The van der Waals surface area contributed by atoms with Gasteiger partial charge in [-0.05, 0) is 18.2 Å². The molecule has 0 saturated heterocycles. The van der Waals surface area contributed by atoms with Crippen molar-refractivity contribution in [3.63, 3.8) is 0 Å². The van der Waals surface area contributed by atoms with Gasteiger partial charge in [0.25, 0.3) is 5.91 Å². The fraction of sp³-hybridized carbons (Fsp3) is 0.176. The van der Waals surface area contributed by atoms with E-state index in [2.05, 4.69) is 10.5 Å². The maximum absolute atomic E-state index is 11.9. The van der Waals surface area contributed by atoms with Gasteiger partial charge in [0.05, 0.1) is 36.2 Å². The summed E-state index contributed by atoms with van der Waals surface area (Å²) >= 11 is 11.9. The van der Waals surface area contributed by atoms with Crippen LogP contribution in [0.4, 0.5) is 5.69 Å². The topological polar surface area (TPSA) is 69.2 Å². The van der Waals surface area contributed by atoms with Crippen molar-refractivity contribution in [2.75, 3.05) is 26.1 Å². The first-order chi connectivity index (χ1) is 12.0. The molecular weight excluding hydrogens is 367 g/mol. The van der Waals surface area contributed by atoms with Crippen molar-refractivity contribution in [3.05, 3.63) is 52.0 Å². The molecule has 25 heavy (non-hydrogen) atoms. The Morgan fingerprint density at radius 1 is 1.20 bits per heavy atom. The zero-order chi connectivity index (χ0) is 18.2. The van der Waals surface area contributed by atoms with Crippen molar-refractivity contribution in [2.24, 2.45) is 5.16 Å². The van der Waals surface area contributed by atoms with E-state index in [0.29, 0.717) is 32.8 Å². The number of rotatable bonds is 7. The molecule has 1 N–H and O–H groups in total. The minimum absolute atomic E-state index is 0.274. The first-order valence-electron chi connectivity index (χ1n) is 7.16. The lowest BCUT2D eigenvalue weighted by atomic mass is 10.2. The van der Waals surface area contributed by atoms with E-state index in [1.165, 1.54) is 13.3 Å². The highest BCUT2D eigenvalue weighted by atomic mass is 35.5. The van der Waals surface area contributed by atoms with Crippen LogP contribution in [0.3, 0.4) is 0 Å². The van der Waals surface area contributed by atoms with Crippen molar-refractivity contribution >= 4 is 41.0 Å². The molecule has 0 fully saturated rings. The highest BCUT2D eigenvalue weighted by Gasteiger charge is 2.09. The van der Waals surface area contributed by atoms with E-state index in [-0.39, 0.29) is 6.61 Å². The number of ether oxygens (including phenoxy) is 2. The zero-order valence-electron chi connectivity index (χ0n) is 13.6. The number of anilines is 1. The van der Waals surface area contributed by atoms with Crippen LogP contribution in [-0.2, 0) is 9.63 Å². The van der Waals surface area contributed by atoms with Crippen LogP contribution in [0.15, 0.2) is 41.6 Å². The molecule has 2 aromatic carbocycles. The highest BCUT2D eigenvalue weighted by molar-refractivity contribution is 6.43. The van der Waals surface area contributed by atoms with E-state index in [4.69, 9.17) is 37.5 Å². The summed E-state index contributed by atoms with van der Waals surface area (Å²) in [5.41, 5.74) is 1.09. The van der Waals surface area contributed by atoms with Crippen molar-refractivity contribution in [1.82, 2.24) is 0 Å². The van der Waals surface area contributed by atoms with Crippen molar-refractivity contribution in [3.8, 4) is 11.5 Å².